The van der Waals surface area contributed by atoms with E-state index in [0.29, 0.717) is 11.6 Å². The third-order valence-electron chi connectivity index (χ3n) is 3.50. The predicted molar refractivity (Wildman–Crippen MR) is 76.9 cm³/mol. The molecule has 0 spiro atoms. The summed E-state index contributed by atoms with van der Waals surface area (Å²) in [5, 5.41) is 3.21. The molecule has 21 heavy (non-hydrogen) atoms. The first-order valence-electron chi connectivity index (χ1n) is 6.59. The van der Waals surface area contributed by atoms with Crippen LogP contribution in [-0.2, 0) is 4.79 Å². The summed E-state index contributed by atoms with van der Waals surface area (Å²) in [6.07, 6.45) is 2.70. The van der Waals surface area contributed by atoms with Crippen LogP contribution in [0.1, 0.15) is 24.4 Å². The molecule has 6 heteroatoms. The first-order chi connectivity index (χ1) is 10.3. The molecule has 0 fully saturated rings. The molecule has 1 aromatic carbocycles. The number of para-hydroxylation sites is 1. The Balaban J connectivity index is 1.87. The van der Waals surface area contributed by atoms with Gasteiger partial charge in [-0.25, -0.2) is 20.0 Å². The number of amidine groups is 1. The molecule has 104 valence electrons. The Morgan fingerprint density at radius 2 is 2.10 bits per heavy atom. The van der Waals surface area contributed by atoms with Gasteiger partial charge in [-0.15, -0.1) is 0 Å². The van der Waals surface area contributed by atoms with Crippen molar-refractivity contribution in [2.45, 2.75) is 13.1 Å². The molecule has 2 aliphatic heterocycles. The van der Waals surface area contributed by atoms with Gasteiger partial charge in [-0.05, 0) is 24.3 Å². The molecule has 0 N–H and O–H groups in total. The van der Waals surface area contributed by atoms with Crippen molar-refractivity contribution in [3.63, 3.8) is 0 Å². The molecule has 4 rings (SSSR count). The van der Waals surface area contributed by atoms with E-state index < -0.39 is 6.17 Å². The van der Waals surface area contributed by atoms with Gasteiger partial charge in [0.1, 0.15) is 6.34 Å². The molecule has 6 nitrogen and oxygen atoms in total. The van der Waals surface area contributed by atoms with E-state index in [0.717, 1.165) is 11.3 Å². The van der Waals surface area contributed by atoms with Crippen molar-refractivity contribution in [2.24, 2.45) is 9.98 Å². The van der Waals surface area contributed by atoms with E-state index in [4.69, 9.17) is 4.42 Å². The van der Waals surface area contributed by atoms with Crippen LogP contribution < -0.4 is 0 Å². The monoisotopic (exact) mass is 280 g/mol. The predicted octanol–water partition coefficient (Wildman–Crippen LogP) is 2.48. The minimum Gasteiger partial charge on any atom is -0.465 e. The van der Waals surface area contributed by atoms with Crippen LogP contribution in [0.2, 0.25) is 0 Å². The van der Waals surface area contributed by atoms with Gasteiger partial charge in [0.15, 0.2) is 11.6 Å². The van der Waals surface area contributed by atoms with Crippen LogP contribution in [0.25, 0.3) is 0 Å². The number of carbonyl (C=O) groups is 1. The van der Waals surface area contributed by atoms with Crippen molar-refractivity contribution in [1.29, 1.82) is 0 Å². The molecule has 1 amide bonds. The summed E-state index contributed by atoms with van der Waals surface area (Å²) >= 11 is 0. The first-order valence-corrected chi connectivity index (χ1v) is 6.59. The summed E-state index contributed by atoms with van der Waals surface area (Å²) in [5.74, 6) is 1.20. The number of nitrogens with zero attached hydrogens (tertiary/aromatic N) is 4. The molecular weight excluding hydrogens is 268 g/mol. The summed E-state index contributed by atoms with van der Waals surface area (Å²) < 4.78 is 5.42. The van der Waals surface area contributed by atoms with Crippen LogP contribution in [0.15, 0.2) is 57.1 Å². The summed E-state index contributed by atoms with van der Waals surface area (Å²) in [4.78, 5) is 21.1. The van der Waals surface area contributed by atoms with Crippen molar-refractivity contribution >= 4 is 23.8 Å². The summed E-state index contributed by atoms with van der Waals surface area (Å²) in [5.41, 5.74) is 1.75. The second-order valence-corrected chi connectivity index (χ2v) is 4.81. The lowest BCUT2D eigenvalue weighted by atomic mass is 10.1. The minimum absolute atomic E-state index is 0.124. The molecule has 1 atom stereocenters. The number of hydrazine groups is 1. The zero-order valence-electron chi connectivity index (χ0n) is 11.3. The Bertz CT molecular complexity index is 764. The maximum Gasteiger partial charge on any atom is 0.240 e. The number of furan rings is 1. The molecule has 0 bridgehead atoms. The van der Waals surface area contributed by atoms with Gasteiger partial charge in [-0.2, -0.15) is 0 Å². The molecular formula is C15H12N4O2. The first kappa shape index (κ1) is 11.9. The second kappa shape index (κ2) is 4.31. The Hall–Kier alpha value is -2.89. The smallest absolute Gasteiger partial charge is 0.240 e. The Kier molecular flexibility index (Phi) is 2.44. The van der Waals surface area contributed by atoms with Crippen LogP contribution in [0.4, 0.5) is 5.69 Å². The zero-order valence-corrected chi connectivity index (χ0v) is 11.3. The molecule has 0 aliphatic carbocycles. The highest BCUT2D eigenvalue weighted by Gasteiger charge is 2.40. The number of fused-ring (bicyclic) bond motifs is 3. The number of amides is 1. The fraction of sp³-hybridized carbons (Fsp3) is 0.133. The van der Waals surface area contributed by atoms with E-state index in [1.807, 2.05) is 30.3 Å². The number of hydrogen-bond acceptors (Lipinski definition) is 5. The van der Waals surface area contributed by atoms with Gasteiger partial charge in [0.2, 0.25) is 12.1 Å². The van der Waals surface area contributed by atoms with Gasteiger partial charge >= 0.3 is 0 Å². The number of hydrogen-bond donors (Lipinski definition) is 0. The van der Waals surface area contributed by atoms with Crippen molar-refractivity contribution in [3.05, 3.63) is 54.0 Å². The number of carbonyl (C=O) groups excluding carboxylic acids is 1. The van der Waals surface area contributed by atoms with Crippen LogP contribution in [0, 0.1) is 0 Å². The highest BCUT2D eigenvalue weighted by molar-refractivity contribution is 6.12. The van der Waals surface area contributed by atoms with Crippen LogP contribution in [0.3, 0.4) is 0 Å². The molecule has 0 saturated heterocycles. The zero-order chi connectivity index (χ0) is 14.4. The van der Waals surface area contributed by atoms with Gasteiger partial charge in [0, 0.05) is 12.5 Å². The van der Waals surface area contributed by atoms with Crippen molar-refractivity contribution in [3.8, 4) is 0 Å². The van der Waals surface area contributed by atoms with Crippen LogP contribution >= 0.6 is 0 Å². The fourth-order valence-corrected chi connectivity index (χ4v) is 2.59. The van der Waals surface area contributed by atoms with Crippen LogP contribution in [-0.4, -0.2) is 28.1 Å². The number of rotatable bonds is 1. The third-order valence-corrected chi connectivity index (χ3v) is 3.50. The SMILES string of the molecule is CC(=O)N1C(c2ccco2)N=C2c3ccccc3N=CN21. The highest BCUT2D eigenvalue weighted by atomic mass is 16.3. The molecule has 2 aromatic rings. The second-order valence-electron chi connectivity index (χ2n) is 4.81. The molecule has 1 aromatic heterocycles. The fourth-order valence-electron chi connectivity index (χ4n) is 2.59. The van der Waals surface area contributed by atoms with Gasteiger partial charge in [0.05, 0.1) is 12.0 Å². The van der Waals surface area contributed by atoms with E-state index in [-0.39, 0.29) is 5.91 Å². The summed E-state index contributed by atoms with van der Waals surface area (Å²) in [6.45, 7) is 1.50. The molecule has 0 radical (unpaired) electrons. The maximum atomic E-state index is 12.0. The van der Waals surface area contributed by atoms with Crippen molar-refractivity contribution < 1.29 is 9.21 Å². The molecule has 3 heterocycles. The van der Waals surface area contributed by atoms with E-state index >= 15 is 0 Å². The summed E-state index contributed by atoms with van der Waals surface area (Å²) in [7, 11) is 0. The Labute approximate surface area is 121 Å². The quantitative estimate of drug-likeness (QED) is 0.806. The third kappa shape index (κ3) is 1.69. The maximum absolute atomic E-state index is 12.0. The normalized spacial score (nSPS) is 19.3. The average Bonchev–Trinajstić information content (AvgIpc) is 3.13. The lowest BCUT2D eigenvalue weighted by Crippen LogP contribution is -2.45. The number of aliphatic imine (C=N–C) groups is 2. The van der Waals surface area contributed by atoms with Crippen molar-refractivity contribution in [1.82, 2.24) is 10.0 Å². The Morgan fingerprint density at radius 1 is 1.24 bits per heavy atom. The lowest BCUT2D eigenvalue weighted by Gasteiger charge is -2.30. The average molecular weight is 280 g/mol. The molecule has 0 saturated carbocycles. The number of benzene rings is 1. The highest BCUT2D eigenvalue weighted by Crippen LogP contribution is 2.36. The van der Waals surface area contributed by atoms with Gasteiger partial charge in [-0.1, -0.05) is 12.1 Å². The topological polar surface area (TPSA) is 61.4 Å². The molecule has 2 aliphatic rings. The van der Waals surface area contributed by atoms with Crippen molar-refractivity contribution in [2.75, 3.05) is 0 Å². The van der Waals surface area contributed by atoms with Crippen LogP contribution in [0.5, 0.6) is 0 Å². The van der Waals surface area contributed by atoms with Gasteiger partial charge < -0.3 is 4.42 Å². The molecule has 1 unspecified atom stereocenters. The largest absolute Gasteiger partial charge is 0.465 e. The standard InChI is InChI=1S/C15H12N4O2/c1-10(20)19-15(13-7-4-8-21-13)17-14-11-5-2-3-6-12(11)16-9-18(14)19/h2-9,15H,1H3. The van der Waals surface area contributed by atoms with E-state index in [1.165, 1.54) is 11.9 Å². The van der Waals surface area contributed by atoms with E-state index in [2.05, 4.69) is 9.98 Å². The lowest BCUT2D eigenvalue weighted by molar-refractivity contribution is -0.138. The Morgan fingerprint density at radius 3 is 2.86 bits per heavy atom. The van der Waals surface area contributed by atoms with Gasteiger partial charge in [-0.3, -0.25) is 4.79 Å². The van der Waals surface area contributed by atoms with Gasteiger partial charge in [0.25, 0.3) is 0 Å². The van der Waals surface area contributed by atoms with E-state index in [1.54, 1.807) is 23.7 Å². The minimum atomic E-state index is -0.495. The van der Waals surface area contributed by atoms with E-state index in [9.17, 15) is 4.79 Å². The summed E-state index contributed by atoms with van der Waals surface area (Å²) in [6, 6.07) is 11.3.